The first-order valence-electron chi connectivity index (χ1n) is 10.5. The van der Waals surface area contributed by atoms with E-state index >= 15 is 0 Å². The van der Waals surface area contributed by atoms with E-state index in [0.29, 0.717) is 19.6 Å². The van der Waals surface area contributed by atoms with Crippen molar-refractivity contribution in [1.82, 2.24) is 10.2 Å². The van der Waals surface area contributed by atoms with Gasteiger partial charge in [-0.05, 0) is 29.2 Å². The second kappa shape index (κ2) is 9.34. The van der Waals surface area contributed by atoms with E-state index < -0.39 is 0 Å². The van der Waals surface area contributed by atoms with E-state index in [1.807, 2.05) is 23.1 Å². The van der Waals surface area contributed by atoms with Crippen LogP contribution in [0.1, 0.15) is 46.1 Å². The van der Waals surface area contributed by atoms with Gasteiger partial charge in [0.15, 0.2) is 0 Å². The van der Waals surface area contributed by atoms with Crippen LogP contribution in [0.4, 0.5) is 0 Å². The summed E-state index contributed by atoms with van der Waals surface area (Å²) in [7, 11) is 0. The first-order valence-corrected chi connectivity index (χ1v) is 12.6. The van der Waals surface area contributed by atoms with Crippen LogP contribution in [0.25, 0.3) is 0 Å². The number of amides is 2. The Kier molecular flexibility index (Phi) is 7.26. The molecular weight excluding hydrogens is 400 g/mol. The first kappa shape index (κ1) is 22.5. The normalized spacial score (nSPS) is 24.8. The molecule has 2 fully saturated rings. The van der Waals surface area contributed by atoms with Crippen molar-refractivity contribution in [1.29, 1.82) is 0 Å². The Morgan fingerprint density at radius 1 is 1.14 bits per heavy atom. The molecule has 0 spiro atoms. The fourth-order valence-corrected chi connectivity index (χ4v) is 6.68. The topological polar surface area (TPSA) is 49.4 Å². The molecule has 1 aliphatic carbocycles. The molecule has 1 saturated carbocycles. The molecule has 1 aromatic rings. The van der Waals surface area contributed by atoms with Gasteiger partial charge in [0, 0.05) is 37.1 Å². The lowest BCUT2D eigenvalue weighted by Gasteiger charge is -2.54. The molecule has 160 valence electrons. The van der Waals surface area contributed by atoms with Crippen LogP contribution in [-0.2, 0) is 16.1 Å². The Hall–Kier alpha value is -1.14. The molecule has 3 rings (SSSR count). The van der Waals surface area contributed by atoms with Crippen molar-refractivity contribution >= 4 is 35.3 Å². The SMILES string of the molecule is CC(C)(C)C1(C)CC(C(=O)N(CCNC(=O)C2SCCS2)Cc2ccccc2)C1. The number of thioether (sulfide) groups is 2. The Balaban J connectivity index is 1.59. The molecule has 0 atom stereocenters. The minimum Gasteiger partial charge on any atom is -0.353 e. The van der Waals surface area contributed by atoms with E-state index in [1.165, 1.54) is 0 Å². The number of carbonyl (C=O) groups excluding carboxylic acids is 2. The molecule has 1 heterocycles. The largest absolute Gasteiger partial charge is 0.353 e. The van der Waals surface area contributed by atoms with Crippen LogP contribution in [0.2, 0.25) is 0 Å². The molecule has 2 amide bonds. The zero-order chi connectivity index (χ0) is 21.1. The van der Waals surface area contributed by atoms with Crippen molar-refractivity contribution in [3.05, 3.63) is 35.9 Å². The van der Waals surface area contributed by atoms with Crippen LogP contribution in [-0.4, -0.2) is 45.9 Å². The zero-order valence-corrected chi connectivity index (χ0v) is 19.7. The smallest absolute Gasteiger partial charge is 0.243 e. The fourth-order valence-electron chi connectivity index (χ4n) is 4.05. The van der Waals surface area contributed by atoms with Crippen molar-refractivity contribution in [2.24, 2.45) is 16.7 Å². The standard InChI is InChI=1S/C23H34N2O2S2/c1-22(2,3)23(4)14-18(15-23)20(27)25(16-17-8-6-5-7-9-17)11-10-24-19(26)21-28-12-13-29-21/h5-9,18,21H,10-16H2,1-4H3,(H,24,26). The Labute approximate surface area is 184 Å². The maximum absolute atomic E-state index is 13.3. The second-order valence-corrected chi connectivity index (χ2v) is 12.3. The molecule has 0 bridgehead atoms. The summed E-state index contributed by atoms with van der Waals surface area (Å²) in [5.74, 6) is 2.49. The summed E-state index contributed by atoms with van der Waals surface area (Å²) in [5, 5.41) is 3.04. The molecule has 4 nitrogen and oxygen atoms in total. The van der Waals surface area contributed by atoms with E-state index in [2.05, 4.69) is 45.1 Å². The maximum atomic E-state index is 13.3. The summed E-state index contributed by atoms with van der Waals surface area (Å²) < 4.78 is 0.00685. The molecule has 29 heavy (non-hydrogen) atoms. The van der Waals surface area contributed by atoms with Crippen molar-refractivity contribution in [2.75, 3.05) is 24.6 Å². The summed E-state index contributed by atoms with van der Waals surface area (Å²) in [5.41, 5.74) is 1.56. The summed E-state index contributed by atoms with van der Waals surface area (Å²) >= 11 is 3.42. The third-order valence-electron chi connectivity index (χ3n) is 6.60. The van der Waals surface area contributed by atoms with Gasteiger partial charge in [-0.3, -0.25) is 9.59 Å². The molecule has 1 saturated heterocycles. The van der Waals surface area contributed by atoms with Crippen LogP contribution in [0.5, 0.6) is 0 Å². The van der Waals surface area contributed by atoms with Gasteiger partial charge in [-0.2, -0.15) is 0 Å². The summed E-state index contributed by atoms with van der Waals surface area (Å²) in [6, 6.07) is 10.1. The second-order valence-electron chi connectivity index (χ2n) is 9.53. The summed E-state index contributed by atoms with van der Waals surface area (Å²) in [6.45, 7) is 10.8. The van der Waals surface area contributed by atoms with Crippen molar-refractivity contribution in [3.8, 4) is 0 Å². The van der Waals surface area contributed by atoms with Gasteiger partial charge in [0.2, 0.25) is 11.8 Å². The van der Waals surface area contributed by atoms with Gasteiger partial charge in [0.05, 0.1) is 0 Å². The lowest BCUT2D eigenvalue weighted by molar-refractivity contribution is -0.148. The predicted octanol–water partition coefficient (Wildman–Crippen LogP) is 4.40. The highest BCUT2D eigenvalue weighted by Gasteiger charge is 2.51. The minimum absolute atomic E-state index is 0.00685. The number of rotatable bonds is 7. The van der Waals surface area contributed by atoms with Gasteiger partial charge in [0.25, 0.3) is 0 Å². The van der Waals surface area contributed by atoms with Crippen LogP contribution < -0.4 is 5.32 Å². The number of hydrogen-bond acceptors (Lipinski definition) is 4. The quantitative estimate of drug-likeness (QED) is 0.691. The number of carbonyl (C=O) groups is 2. The van der Waals surface area contributed by atoms with Gasteiger partial charge in [-0.15, -0.1) is 23.5 Å². The fraction of sp³-hybridized carbons (Fsp3) is 0.652. The number of benzene rings is 1. The summed E-state index contributed by atoms with van der Waals surface area (Å²) in [4.78, 5) is 27.5. The highest BCUT2D eigenvalue weighted by Crippen LogP contribution is 2.56. The predicted molar refractivity (Wildman–Crippen MR) is 124 cm³/mol. The summed E-state index contributed by atoms with van der Waals surface area (Å²) in [6.07, 6.45) is 1.89. The number of nitrogens with one attached hydrogen (secondary N) is 1. The first-order chi connectivity index (χ1) is 13.7. The van der Waals surface area contributed by atoms with Crippen LogP contribution >= 0.6 is 23.5 Å². The molecule has 0 unspecified atom stereocenters. The zero-order valence-electron chi connectivity index (χ0n) is 18.1. The maximum Gasteiger partial charge on any atom is 0.243 e. The van der Waals surface area contributed by atoms with E-state index in [-0.39, 0.29) is 33.1 Å². The van der Waals surface area contributed by atoms with Gasteiger partial charge in [0.1, 0.15) is 4.58 Å². The van der Waals surface area contributed by atoms with Crippen LogP contribution in [0, 0.1) is 16.7 Å². The van der Waals surface area contributed by atoms with E-state index in [9.17, 15) is 9.59 Å². The van der Waals surface area contributed by atoms with Gasteiger partial charge < -0.3 is 10.2 Å². The average molecular weight is 435 g/mol. The molecule has 1 aliphatic heterocycles. The monoisotopic (exact) mass is 434 g/mol. The third-order valence-corrected chi connectivity index (χ3v) is 9.59. The van der Waals surface area contributed by atoms with E-state index in [0.717, 1.165) is 29.9 Å². The van der Waals surface area contributed by atoms with Crippen LogP contribution in [0.3, 0.4) is 0 Å². The number of hydrogen-bond donors (Lipinski definition) is 1. The molecule has 1 N–H and O–H groups in total. The van der Waals surface area contributed by atoms with E-state index in [1.54, 1.807) is 23.5 Å². The lowest BCUT2D eigenvalue weighted by Crippen LogP contribution is -2.51. The molecule has 1 aromatic carbocycles. The molecule has 2 aliphatic rings. The molecule has 0 aromatic heterocycles. The number of nitrogens with zero attached hydrogens (tertiary/aromatic N) is 1. The Morgan fingerprint density at radius 3 is 2.34 bits per heavy atom. The Morgan fingerprint density at radius 2 is 1.76 bits per heavy atom. The molecule has 6 heteroatoms. The lowest BCUT2D eigenvalue weighted by atomic mass is 9.52. The van der Waals surface area contributed by atoms with Gasteiger partial charge >= 0.3 is 0 Å². The minimum atomic E-state index is 0.00685. The Bertz CT molecular complexity index is 705. The van der Waals surface area contributed by atoms with Gasteiger partial charge in [-0.1, -0.05) is 58.0 Å². The van der Waals surface area contributed by atoms with Crippen molar-refractivity contribution in [2.45, 2.75) is 51.7 Å². The van der Waals surface area contributed by atoms with Crippen molar-refractivity contribution in [3.63, 3.8) is 0 Å². The highest BCUT2D eigenvalue weighted by atomic mass is 32.2. The highest BCUT2D eigenvalue weighted by molar-refractivity contribution is 8.21. The third kappa shape index (κ3) is 5.52. The van der Waals surface area contributed by atoms with Crippen molar-refractivity contribution < 1.29 is 9.59 Å². The average Bonchev–Trinajstić information content (AvgIpc) is 3.19. The van der Waals surface area contributed by atoms with E-state index in [4.69, 9.17) is 0 Å². The molecular formula is C23H34N2O2S2. The molecule has 0 radical (unpaired) electrons. The van der Waals surface area contributed by atoms with Gasteiger partial charge in [-0.25, -0.2) is 0 Å². The van der Waals surface area contributed by atoms with Crippen LogP contribution in [0.15, 0.2) is 30.3 Å².